The van der Waals surface area contributed by atoms with E-state index in [0.29, 0.717) is 5.69 Å². The van der Waals surface area contributed by atoms with E-state index < -0.39 is 0 Å². The van der Waals surface area contributed by atoms with Crippen molar-refractivity contribution in [1.29, 1.82) is 0 Å². The number of aryl methyl sites for hydroxylation is 1. The van der Waals surface area contributed by atoms with E-state index >= 15 is 0 Å². The fourth-order valence-corrected chi connectivity index (χ4v) is 3.71. The summed E-state index contributed by atoms with van der Waals surface area (Å²) in [6, 6.07) is 8.53. The monoisotopic (exact) mass is 360 g/mol. The van der Waals surface area contributed by atoms with Crippen LogP contribution in [-0.4, -0.2) is 46.8 Å². The van der Waals surface area contributed by atoms with Gasteiger partial charge >= 0.3 is 0 Å². The Kier molecular flexibility index (Phi) is 5.45. The number of hydrogen-bond acceptors (Lipinski definition) is 3. The van der Waals surface area contributed by atoms with Crippen LogP contribution in [0, 0.1) is 0 Å². The van der Waals surface area contributed by atoms with Crippen molar-refractivity contribution in [2.75, 3.05) is 26.2 Å². The Morgan fingerprint density at radius 2 is 1.88 bits per heavy atom. The SMILES string of the molecule is CCc1ccc(-n2nc(C(=O)N3CCNCC3)c3c2CCC3)cc1.Cl. The molecule has 0 saturated carbocycles. The molecule has 1 aromatic carbocycles. The number of rotatable bonds is 3. The number of halogens is 1. The molecule has 6 heteroatoms. The second-order valence-electron chi connectivity index (χ2n) is 6.60. The fraction of sp³-hybridized carbons (Fsp3) is 0.474. The molecule has 5 nitrogen and oxygen atoms in total. The summed E-state index contributed by atoms with van der Waals surface area (Å²) in [6.07, 6.45) is 4.12. The summed E-state index contributed by atoms with van der Waals surface area (Å²) in [5, 5.41) is 8.03. The Hall–Kier alpha value is -1.85. The summed E-state index contributed by atoms with van der Waals surface area (Å²) >= 11 is 0. The lowest BCUT2D eigenvalue weighted by Gasteiger charge is -2.26. The number of carbonyl (C=O) groups is 1. The Morgan fingerprint density at radius 3 is 2.56 bits per heavy atom. The van der Waals surface area contributed by atoms with Crippen molar-refractivity contribution in [2.24, 2.45) is 0 Å². The van der Waals surface area contributed by atoms with Crippen molar-refractivity contribution >= 4 is 18.3 Å². The summed E-state index contributed by atoms with van der Waals surface area (Å²) in [4.78, 5) is 14.9. The van der Waals surface area contributed by atoms with Crippen molar-refractivity contribution < 1.29 is 4.79 Å². The Morgan fingerprint density at radius 1 is 1.16 bits per heavy atom. The van der Waals surface area contributed by atoms with Crippen molar-refractivity contribution in [2.45, 2.75) is 32.6 Å². The molecule has 1 aliphatic heterocycles. The fourth-order valence-electron chi connectivity index (χ4n) is 3.71. The van der Waals surface area contributed by atoms with E-state index in [1.165, 1.54) is 11.3 Å². The van der Waals surface area contributed by atoms with E-state index in [2.05, 4.69) is 36.5 Å². The number of aromatic nitrogens is 2. The first kappa shape index (κ1) is 18.0. The number of nitrogens with zero attached hydrogens (tertiary/aromatic N) is 3. The highest BCUT2D eigenvalue weighted by molar-refractivity contribution is 5.94. The molecule has 0 atom stereocenters. The molecule has 134 valence electrons. The first-order chi connectivity index (χ1) is 11.8. The van der Waals surface area contributed by atoms with Crippen LogP contribution in [0.25, 0.3) is 5.69 Å². The van der Waals surface area contributed by atoms with Crippen LogP contribution < -0.4 is 5.32 Å². The van der Waals surface area contributed by atoms with Gasteiger partial charge in [-0.2, -0.15) is 5.10 Å². The van der Waals surface area contributed by atoms with Gasteiger partial charge in [-0.15, -0.1) is 12.4 Å². The average Bonchev–Trinajstić information content (AvgIpc) is 3.24. The molecule has 1 saturated heterocycles. The van der Waals surface area contributed by atoms with Crippen LogP contribution in [0.4, 0.5) is 0 Å². The molecule has 0 bridgehead atoms. The van der Waals surface area contributed by atoms with Gasteiger partial charge in [0, 0.05) is 37.4 Å². The summed E-state index contributed by atoms with van der Waals surface area (Å²) < 4.78 is 2.00. The van der Waals surface area contributed by atoms with Gasteiger partial charge < -0.3 is 10.2 Å². The maximum absolute atomic E-state index is 12.9. The number of piperazine rings is 1. The van der Waals surface area contributed by atoms with Crippen LogP contribution in [0.1, 0.15) is 40.7 Å². The lowest BCUT2D eigenvalue weighted by molar-refractivity contribution is 0.0728. The normalized spacial score (nSPS) is 16.4. The molecule has 0 spiro atoms. The smallest absolute Gasteiger partial charge is 0.274 e. The minimum Gasteiger partial charge on any atom is -0.335 e. The molecule has 1 N–H and O–H groups in total. The molecule has 2 aliphatic rings. The van der Waals surface area contributed by atoms with Crippen LogP contribution in [0.2, 0.25) is 0 Å². The lowest BCUT2D eigenvalue weighted by atomic mass is 10.1. The zero-order chi connectivity index (χ0) is 16.5. The summed E-state index contributed by atoms with van der Waals surface area (Å²) in [6.45, 7) is 5.43. The van der Waals surface area contributed by atoms with Crippen molar-refractivity contribution in [1.82, 2.24) is 20.0 Å². The molecule has 0 radical (unpaired) electrons. The molecule has 25 heavy (non-hydrogen) atoms. The number of fused-ring (bicyclic) bond motifs is 1. The van der Waals surface area contributed by atoms with Crippen molar-refractivity contribution in [3.63, 3.8) is 0 Å². The zero-order valence-electron chi connectivity index (χ0n) is 14.6. The Balaban J connectivity index is 0.00000182. The number of benzene rings is 1. The predicted octanol–water partition coefficient (Wildman–Crippen LogP) is 2.39. The third kappa shape index (κ3) is 3.31. The largest absolute Gasteiger partial charge is 0.335 e. The van der Waals surface area contributed by atoms with Gasteiger partial charge in [0.25, 0.3) is 5.91 Å². The topological polar surface area (TPSA) is 50.2 Å². The average molecular weight is 361 g/mol. The maximum Gasteiger partial charge on any atom is 0.274 e. The minimum atomic E-state index is 0. The number of carbonyl (C=O) groups excluding carboxylic acids is 1. The van der Waals surface area contributed by atoms with Crippen LogP contribution in [0.3, 0.4) is 0 Å². The van der Waals surface area contributed by atoms with Gasteiger partial charge in [-0.25, -0.2) is 4.68 Å². The summed E-state index contributed by atoms with van der Waals surface area (Å²) in [5.74, 6) is 0.0959. The number of hydrogen-bond donors (Lipinski definition) is 1. The van der Waals surface area contributed by atoms with Crippen LogP contribution in [0.15, 0.2) is 24.3 Å². The van der Waals surface area contributed by atoms with Crippen molar-refractivity contribution in [3.05, 3.63) is 46.8 Å². The van der Waals surface area contributed by atoms with E-state index in [0.717, 1.165) is 63.1 Å². The van der Waals surface area contributed by atoms with E-state index in [1.807, 2.05) is 9.58 Å². The minimum absolute atomic E-state index is 0. The first-order valence-electron chi connectivity index (χ1n) is 8.98. The van der Waals surface area contributed by atoms with Gasteiger partial charge in [0.15, 0.2) is 5.69 Å². The molecule has 2 aromatic rings. The first-order valence-corrected chi connectivity index (χ1v) is 8.98. The third-order valence-electron chi connectivity index (χ3n) is 5.13. The quantitative estimate of drug-likeness (QED) is 0.914. The zero-order valence-corrected chi connectivity index (χ0v) is 15.4. The molecule has 4 rings (SSSR count). The van der Waals surface area contributed by atoms with Gasteiger partial charge in [-0.1, -0.05) is 19.1 Å². The van der Waals surface area contributed by atoms with Gasteiger partial charge in [0.05, 0.1) is 5.69 Å². The Labute approximate surface area is 154 Å². The second-order valence-corrected chi connectivity index (χ2v) is 6.60. The molecule has 1 aromatic heterocycles. The predicted molar refractivity (Wildman–Crippen MR) is 101 cm³/mol. The highest BCUT2D eigenvalue weighted by Gasteiger charge is 2.29. The van der Waals surface area contributed by atoms with Gasteiger partial charge in [-0.05, 0) is 43.4 Å². The molecule has 0 unspecified atom stereocenters. The summed E-state index contributed by atoms with van der Waals surface area (Å²) in [7, 11) is 0. The van der Waals surface area contributed by atoms with E-state index in [4.69, 9.17) is 5.10 Å². The van der Waals surface area contributed by atoms with Gasteiger partial charge in [0.2, 0.25) is 0 Å². The molecule has 1 fully saturated rings. The molecular formula is C19H25ClN4O. The molecule has 2 heterocycles. The highest BCUT2D eigenvalue weighted by atomic mass is 35.5. The molecular weight excluding hydrogens is 336 g/mol. The van der Waals surface area contributed by atoms with E-state index in [9.17, 15) is 4.79 Å². The summed E-state index contributed by atoms with van der Waals surface area (Å²) in [5.41, 5.74) is 5.43. The van der Waals surface area contributed by atoms with E-state index in [1.54, 1.807) is 0 Å². The molecule has 1 amide bonds. The molecule has 1 aliphatic carbocycles. The van der Waals surface area contributed by atoms with E-state index in [-0.39, 0.29) is 18.3 Å². The van der Waals surface area contributed by atoms with Gasteiger partial charge in [0.1, 0.15) is 0 Å². The van der Waals surface area contributed by atoms with Crippen LogP contribution in [-0.2, 0) is 19.3 Å². The van der Waals surface area contributed by atoms with Crippen molar-refractivity contribution in [3.8, 4) is 5.69 Å². The third-order valence-corrected chi connectivity index (χ3v) is 5.13. The maximum atomic E-state index is 12.9. The lowest BCUT2D eigenvalue weighted by Crippen LogP contribution is -2.46. The Bertz CT molecular complexity index is 748. The van der Waals surface area contributed by atoms with Gasteiger partial charge in [-0.3, -0.25) is 4.79 Å². The number of amides is 1. The highest BCUT2D eigenvalue weighted by Crippen LogP contribution is 2.28. The van der Waals surface area contributed by atoms with Crippen LogP contribution >= 0.6 is 12.4 Å². The number of nitrogens with one attached hydrogen (secondary N) is 1. The van der Waals surface area contributed by atoms with Crippen LogP contribution in [0.5, 0.6) is 0 Å². The standard InChI is InChI=1S/C19H24N4O.ClH/c1-2-14-6-8-15(9-7-14)23-17-5-3-4-16(17)18(21-23)19(24)22-12-10-20-11-13-22;/h6-9,20H,2-5,10-13H2,1H3;1H. The second kappa shape index (κ2) is 7.58.